The van der Waals surface area contributed by atoms with Gasteiger partial charge in [-0.1, -0.05) is 24.3 Å². The minimum atomic E-state index is 0.592. The van der Waals surface area contributed by atoms with E-state index < -0.39 is 0 Å². The standard InChI is InChI=1S/C17H14N2S2/c1-10-5-3-6-12(11(10)2)17-15(13-7-4-8-20-13)16(19)14(9-18)21-17/h3-8H,19H2,1-2H3. The minimum absolute atomic E-state index is 0.592. The van der Waals surface area contributed by atoms with Crippen molar-refractivity contribution in [1.82, 2.24) is 0 Å². The normalized spacial score (nSPS) is 10.5. The zero-order chi connectivity index (χ0) is 15.0. The van der Waals surface area contributed by atoms with Gasteiger partial charge in [0.1, 0.15) is 10.9 Å². The Morgan fingerprint density at radius 2 is 1.95 bits per heavy atom. The molecule has 0 fully saturated rings. The molecule has 0 amide bonds. The fourth-order valence-corrected chi connectivity index (χ4v) is 4.35. The lowest BCUT2D eigenvalue weighted by Crippen LogP contribution is -1.89. The molecule has 3 rings (SSSR count). The van der Waals surface area contributed by atoms with Gasteiger partial charge >= 0.3 is 0 Å². The molecule has 0 unspecified atom stereocenters. The summed E-state index contributed by atoms with van der Waals surface area (Å²) in [5.41, 5.74) is 11.5. The third-order valence-corrected chi connectivity index (χ3v) is 5.69. The molecule has 4 heteroatoms. The first-order chi connectivity index (χ1) is 10.1. The first kappa shape index (κ1) is 13.9. The van der Waals surface area contributed by atoms with Crippen LogP contribution in [-0.2, 0) is 0 Å². The molecule has 2 heterocycles. The van der Waals surface area contributed by atoms with Crippen LogP contribution in [0.5, 0.6) is 0 Å². The molecule has 2 aromatic heterocycles. The van der Waals surface area contributed by atoms with Gasteiger partial charge in [0, 0.05) is 15.3 Å². The van der Waals surface area contributed by atoms with Crippen molar-refractivity contribution in [2.75, 3.05) is 5.73 Å². The maximum atomic E-state index is 9.31. The average Bonchev–Trinajstić information content (AvgIpc) is 3.09. The summed E-state index contributed by atoms with van der Waals surface area (Å²) >= 11 is 3.13. The van der Waals surface area contributed by atoms with Crippen LogP contribution in [-0.4, -0.2) is 0 Å². The molecule has 0 aliphatic carbocycles. The number of hydrogen-bond donors (Lipinski definition) is 1. The molecular weight excluding hydrogens is 296 g/mol. The number of nitrogen functional groups attached to an aromatic ring is 1. The minimum Gasteiger partial charge on any atom is -0.396 e. The highest BCUT2D eigenvalue weighted by Gasteiger charge is 2.20. The van der Waals surface area contributed by atoms with Crippen molar-refractivity contribution in [2.45, 2.75) is 13.8 Å². The van der Waals surface area contributed by atoms with Crippen LogP contribution in [0.15, 0.2) is 35.7 Å². The second-order valence-electron chi connectivity index (χ2n) is 4.89. The van der Waals surface area contributed by atoms with Crippen LogP contribution in [0.3, 0.4) is 0 Å². The average molecular weight is 310 g/mol. The predicted molar refractivity (Wildman–Crippen MR) is 91.7 cm³/mol. The van der Waals surface area contributed by atoms with Gasteiger partial charge in [-0.2, -0.15) is 5.26 Å². The monoisotopic (exact) mass is 310 g/mol. The first-order valence-electron chi connectivity index (χ1n) is 6.56. The van der Waals surface area contributed by atoms with Crippen LogP contribution in [0.25, 0.3) is 20.9 Å². The van der Waals surface area contributed by atoms with Crippen molar-refractivity contribution in [3.8, 4) is 27.0 Å². The van der Waals surface area contributed by atoms with E-state index in [0.717, 1.165) is 20.9 Å². The number of aryl methyl sites for hydroxylation is 1. The van der Waals surface area contributed by atoms with Gasteiger partial charge in [0.05, 0.1) is 5.69 Å². The zero-order valence-corrected chi connectivity index (χ0v) is 13.4. The van der Waals surface area contributed by atoms with Gasteiger partial charge in [-0.15, -0.1) is 22.7 Å². The van der Waals surface area contributed by atoms with Crippen molar-refractivity contribution < 1.29 is 0 Å². The summed E-state index contributed by atoms with van der Waals surface area (Å²) in [6, 6.07) is 12.5. The molecule has 2 N–H and O–H groups in total. The fraction of sp³-hybridized carbons (Fsp3) is 0.118. The van der Waals surface area contributed by atoms with E-state index in [2.05, 4.69) is 44.2 Å². The zero-order valence-electron chi connectivity index (χ0n) is 11.8. The van der Waals surface area contributed by atoms with Gasteiger partial charge in [0.15, 0.2) is 0 Å². The number of hydrogen-bond acceptors (Lipinski definition) is 4. The third kappa shape index (κ3) is 2.25. The van der Waals surface area contributed by atoms with Crippen LogP contribution >= 0.6 is 22.7 Å². The number of thiophene rings is 2. The van der Waals surface area contributed by atoms with E-state index in [0.29, 0.717) is 10.6 Å². The highest BCUT2D eigenvalue weighted by atomic mass is 32.1. The molecule has 0 aliphatic rings. The van der Waals surface area contributed by atoms with E-state index >= 15 is 0 Å². The molecule has 0 bridgehead atoms. The second-order valence-corrected chi connectivity index (χ2v) is 6.85. The summed E-state index contributed by atoms with van der Waals surface area (Å²) in [4.78, 5) is 2.79. The SMILES string of the molecule is Cc1cccc(-c2sc(C#N)c(N)c2-c2cccs2)c1C. The number of nitrogens with two attached hydrogens (primary N) is 1. The lowest BCUT2D eigenvalue weighted by Gasteiger charge is -2.09. The van der Waals surface area contributed by atoms with Crippen molar-refractivity contribution >= 4 is 28.4 Å². The molecule has 0 saturated heterocycles. The number of benzene rings is 1. The Morgan fingerprint density at radius 1 is 1.14 bits per heavy atom. The van der Waals surface area contributed by atoms with E-state index in [1.54, 1.807) is 11.3 Å². The Hall–Kier alpha value is -2.09. The van der Waals surface area contributed by atoms with Gasteiger partial charge in [0.25, 0.3) is 0 Å². The maximum absolute atomic E-state index is 9.31. The number of rotatable bonds is 2. The molecule has 21 heavy (non-hydrogen) atoms. The number of nitriles is 1. The summed E-state index contributed by atoms with van der Waals surface area (Å²) in [7, 11) is 0. The number of anilines is 1. The molecule has 0 aliphatic heterocycles. The Labute approximate surface area is 132 Å². The Morgan fingerprint density at radius 3 is 2.62 bits per heavy atom. The maximum Gasteiger partial charge on any atom is 0.129 e. The summed E-state index contributed by atoms with van der Waals surface area (Å²) in [5, 5.41) is 11.3. The lowest BCUT2D eigenvalue weighted by molar-refractivity contribution is 1.35. The molecular formula is C17H14N2S2. The summed E-state index contributed by atoms with van der Waals surface area (Å²) in [6.45, 7) is 4.22. The van der Waals surface area contributed by atoms with Crippen LogP contribution in [0.1, 0.15) is 16.0 Å². The first-order valence-corrected chi connectivity index (χ1v) is 8.26. The van der Waals surface area contributed by atoms with E-state index in [1.165, 1.54) is 22.5 Å². The Kier molecular flexibility index (Phi) is 3.54. The molecule has 0 atom stereocenters. The number of nitrogens with zero attached hydrogens (tertiary/aromatic N) is 1. The lowest BCUT2D eigenvalue weighted by atomic mass is 9.99. The quantitative estimate of drug-likeness (QED) is 0.706. The molecule has 0 radical (unpaired) electrons. The van der Waals surface area contributed by atoms with Gasteiger partial charge in [-0.05, 0) is 42.0 Å². The van der Waals surface area contributed by atoms with Crippen LogP contribution < -0.4 is 5.73 Å². The van der Waals surface area contributed by atoms with Crippen LogP contribution in [0.2, 0.25) is 0 Å². The largest absolute Gasteiger partial charge is 0.396 e. The van der Waals surface area contributed by atoms with E-state index in [4.69, 9.17) is 5.73 Å². The van der Waals surface area contributed by atoms with Gasteiger partial charge < -0.3 is 5.73 Å². The molecule has 0 saturated carbocycles. The van der Waals surface area contributed by atoms with Gasteiger partial charge in [0.2, 0.25) is 0 Å². The fourth-order valence-electron chi connectivity index (χ4n) is 2.38. The summed E-state index contributed by atoms with van der Waals surface area (Å²) in [6.07, 6.45) is 0. The van der Waals surface area contributed by atoms with E-state index in [1.807, 2.05) is 11.4 Å². The summed E-state index contributed by atoms with van der Waals surface area (Å²) in [5.74, 6) is 0. The topological polar surface area (TPSA) is 49.8 Å². The van der Waals surface area contributed by atoms with Crippen molar-refractivity contribution in [3.05, 3.63) is 51.7 Å². The highest BCUT2D eigenvalue weighted by molar-refractivity contribution is 7.19. The van der Waals surface area contributed by atoms with Gasteiger partial charge in [-0.3, -0.25) is 0 Å². The van der Waals surface area contributed by atoms with E-state index in [-0.39, 0.29) is 0 Å². The molecule has 2 nitrogen and oxygen atoms in total. The van der Waals surface area contributed by atoms with Crippen molar-refractivity contribution in [3.63, 3.8) is 0 Å². The smallest absolute Gasteiger partial charge is 0.129 e. The molecule has 1 aromatic carbocycles. The second kappa shape index (κ2) is 5.36. The van der Waals surface area contributed by atoms with Crippen LogP contribution in [0, 0.1) is 25.2 Å². The van der Waals surface area contributed by atoms with Crippen molar-refractivity contribution in [2.24, 2.45) is 0 Å². The molecule has 104 valence electrons. The Balaban J connectivity index is 2.33. The molecule has 3 aromatic rings. The van der Waals surface area contributed by atoms with Crippen LogP contribution in [0.4, 0.5) is 5.69 Å². The molecule has 0 spiro atoms. The van der Waals surface area contributed by atoms with E-state index in [9.17, 15) is 5.26 Å². The van der Waals surface area contributed by atoms with Gasteiger partial charge in [-0.25, -0.2) is 0 Å². The third-order valence-electron chi connectivity index (χ3n) is 3.66. The Bertz CT molecular complexity index is 837. The summed E-state index contributed by atoms with van der Waals surface area (Å²) < 4.78 is 0. The highest BCUT2D eigenvalue weighted by Crippen LogP contribution is 2.47. The van der Waals surface area contributed by atoms with Crippen molar-refractivity contribution in [1.29, 1.82) is 5.26 Å². The predicted octanol–water partition coefficient (Wildman–Crippen LogP) is 5.21.